The molecule has 0 aliphatic rings. The fraction of sp³-hybridized carbons (Fsp3) is 0. The van der Waals surface area contributed by atoms with Gasteiger partial charge in [-0.2, -0.15) is 4.98 Å². The molecule has 0 spiro atoms. The van der Waals surface area contributed by atoms with Crippen LogP contribution in [-0.2, 0) is 0 Å². The van der Waals surface area contributed by atoms with E-state index in [4.69, 9.17) is 0 Å². The lowest BCUT2D eigenvalue weighted by Gasteiger charge is -2.01. The number of aromatic nitrogens is 4. The summed E-state index contributed by atoms with van der Waals surface area (Å²) < 4.78 is 1.65. The minimum Gasteiger partial charge on any atom is -0.289 e. The molecule has 1 aromatic carbocycles. The molecular formula is C18H13N5O. The highest BCUT2D eigenvalue weighted by atomic mass is 16.1. The van der Waals surface area contributed by atoms with Crippen molar-refractivity contribution in [1.29, 1.82) is 0 Å². The molecule has 0 bridgehead atoms. The predicted octanol–water partition coefficient (Wildman–Crippen LogP) is 3.04. The molecule has 0 atom stereocenters. The summed E-state index contributed by atoms with van der Waals surface area (Å²) in [5, 5.41) is 7.00. The number of rotatable bonds is 3. The van der Waals surface area contributed by atoms with Crippen molar-refractivity contribution in [3.63, 3.8) is 0 Å². The van der Waals surface area contributed by atoms with Crippen molar-refractivity contribution in [1.82, 2.24) is 19.6 Å². The van der Waals surface area contributed by atoms with E-state index >= 15 is 0 Å². The van der Waals surface area contributed by atoms with Crippen LogP contribution in [0.15, 0.2) is 73.2 Å². The maximum Gasteiger partial charge on any atom is 0.259 e. The van der Waals surface area contributed by atoms with Crippen LogP contribution in [0.1, 0.15) is 10.4 Å². The molecule has 6 heteroatoms. The zero-order chi connectivity index (χ0) is 16.4. The van der Waals surface area contributed by atoms with E-state index in [9.17, 15) is 4.79 Å². The van der Waals surface area contributed by atoms with Crippen molar-refractivity contribution in [3.8, 4) is 11.1 Å². The summed E-state index contributed by atoms with van der Waals surface area (Å²) in [7, 11) is 0. The molecule has 0 saturated heterocycles. The average molecular weight is 315 g/mol. The van der Waals surface area contributed by atoms with Crippen molar-refractivity contribution < 1.29 is 4.79 Å². The molecule has 0 unspecified atom stereocenters. The third-order valence-electron chi connectivity index (χ3n) is 3.59. The van der Waals surface area contributed by atoms with Gasteiger partial charge in [0.05, 0.1) is 5.56 Å². The number of fused-ring (bicyclic) bond motifs is 1. The van der Waals surface area contributed by atoms with Gasteiger partial charge in [-0.15, -0.1) is 5.10 Å². The first kappa shape index (κ1) is 14.1. The van der Waals surface area contributed by atoms with E-state index in [0.717, 1.165) is 11.1 Å². The molecule has 0 saturated carbocycles. The van der Waals surface area contributed by atoms with E-state index in [1.807, 2.05) is 48.7 Å². The van der Waals surface area contributed by atoms with E-state index in [1.54, 1.807) is 22.8 Å². The molecule has 4 rings (SSSR count). The molecule has 0 fully saturated rings. The minimum absolute atomic E-state index is 0.258. The summed E-state index contributed by atoms with van der Waals surface area (Å²) in [5.74, 6) is -0.0312. The number of nitrogens with one attached hydrogen (secondary N) is 1. The van der Waals surface area contributed by atoms with Gasteiger partial charge in [0.2, 0.25) is 5.95 Å². The maximum absolute atomic E-state index is 12.1. The third kappa shape index (κ3) is 2.72. The van der Waals surface area contributed by atoms with E-state index in [0.29, 0.717) is 11.2 Å². The van der Waals surface area contributed by atoms with Gasteiger partial charge in [0.15, 0.2) is 5.65 Å². The van der Waals surface area contributed by atoms with E-state index < -0.39 is 0 Å². The summed E-state index contributed by atoms with van der Waals surface area (Å²) in [4.78, 5) is 20.4. The largest absolute Gasteiger partial charge is 0.289 e. The van der Waals surface area contributed by atoms with Crippen molar-refractivity contribution in [2.45, 2.75) is 0 Å². The van der Waals surface area contributed by atoms with E-state index in [1.165, 1.54) is 6.20 Å². The second-order valence-electron chi connectivity index (χ2n) is 5.22. The molecule has 3 heterocycles. The number of carbonyl (C=O) groups is 1. The lowest BCUT2D eigenvalue weighted by molar-refractivity contribution is 0.102. The SMILES string of the molecule is O=C(Nc1nc2ccc(-c3ccccc3)cn2n1)c1cccnc1. The molecule has 1 amide bonds. The number of nitrogens with zero attached hydrogens (tertiary/aromatic N) is 4. The first-order chi connectivity index (χ1) is 11.8. The molecule has 116 valence electrons. The summed E-state index contributed by atoms with van der Waals surface area (Å²) in [5.41, 5.74) is 3.24. The molecule has 0 radical (unpaired) electrons. The number of carbonyl (C=O) groups excluding carboxylic acids is 1. The highest BCUT2D eigenvalue weighted by Crippen LogP contribution is 2.19. The summed E-state index contributed by atoms with van der Waals surface area (Å²) in [6.07, 6.45) is 5.00. The van der Waals surface area contributed by atoms with Crippen LogP contribution in [0.4, 0.5) is 5.95 Å². The van der Waals surface area contributed by atoms with Crippen molar-refractivity contribution >= 4 is 17.5 Å². The Bertz CT molecular complexity index is 996. The Balaban J connectivity index is 1.63. The van der Waals surface area contributed by atoms with Crippen LogP contribution >= 0.6 is 0 Å². The van der Waals surface area contributed by atoms with Crippen molar-refractivity contribution in [2.75, 3.05) is 5.32 Å². The van der Waals surface area contributed by atoms with Crippen LogP contribution in [0.25, 0.3) is 16.8 Å². The Morgan fingerprint density at radius 2 is 1.83 bits per heavy atom. The molecule has 3 aromatic heterocycles. The topological polar surface area (TPSA) is 72.2 Å². The van der Waals surface area contributed by atoms with Crippen LogP contribution in [-0.4, -0.2) is 25.5 Å². The molecular weight excluding hydrogens is 302 g/mol. The van der Waals surface area contributed by atoms with E-state index in [-0.39, 0.29) is 11.9 Å². The standard InChI is InChI=1S/C18H13N5O/c24-17(14-7-4-10-19-11-14)21-18-20-16-9-8-15(12-23(16)22-18)13-5-2-1-3-6-13/h1-12H,(H,21,22,24). The Labute approximate surface area is 137 Å². The van der Waals surface area contributed by atoms with Crippen LogP contribution in [0.3, 0.4) is 0 Å². The second kappa shape index (κ2) is 5.92. The minimum atomic E-state index is -0.290. The molecule has 24 heavy (non-hydrogen) atoms. The normalized spacial score (nSPS) is 10.7. The van der Waals surface area contributed by atoms with Gasteiger partial charge in [-0.3, -0.25) is 15.1 Å². The van der Waals surface area contributed by atoms with Crippen LogP contribution < -0.4 is 5.32 Å². The molecule has 1 N–H and O–H groups in total. The average Bonchev–Trinajstić information content (AvgIpc) is 3.04. The van der Waals surface area contributed by atoms with Gasteiger partial charge in [-0.1, -0.05) is 30.3 Å². The van der Waals surface area contributed by atoms with Gasteiger partial charge >= 0.3 is 0 Å². The first-order valence-corrected chi connectivity index (χ1v) is 7.43. The highest BCUT2D eigenvalue weighted by Gasteiger charge is 2.10. The Hall–Kier alpha value is -3.54. The number of amides is 1. The molecule has 0 aliphatic heterocycles. The lowest BCUT2D eigenvalue weighted by Crippen LogP contribution is -2.13. The predicted molar refractivity (Wildman–Crippen MR) is 90.6 cm³/mol. The van der Waals surface area contributed by atoms with Gasteiger partial charge in [-0.05, 0) is 29.8 Å². The van der Waals surface area contributed by atoms with Gasteiger partial charge in [0.25, 0.3) is 5.91 Å². The quantitative estimate of drug-likeness (QED) is 0.631. The first-order valence-electron chi connectivity index (χ1n) is 7.43. The zero-order valence-corrected chi connectivity index (χ0v) is 12.6. The Kier molecular flexibility index (Phi) is 3.47. The number of hydrogen-bond acceptors (Lipinski definition) is 4. The van der Waals surface area contributed by atoms with Gasteiger partial charge in [0.1, 0.15) is 0 Å². The number of pyridine rings is 2. The van der Waals surface area contributed by atoms with Crippen LogP contribution in [0, 0.1) is 0 Å². The van der Waals surface area contributed by atoms with Gasteiger partial charge < -0.3 is 0 Å². The monoisotopic (exact) mass is 315 g/mol. The zero-order valence-electron chi connectivity index (χ0n) is 12.6. The number of hydrogen-bond donors (Lipinski definition) is 1. The lowest BCUT2D eigenvalue weighted by atomic mass is 10.1. The Morgan fingerprint density at radius 3 is 2.62 bits per heavy atom. The highest BCUT2D eigenvalue weighted by molar-refractivity contribution is 6.03. The van der Waals surface area contributed by atoms with E-state index in [2.05, 4.69) is 20.4 Å². The van der Waals surface area contributed by atoms with Crippen LogP contribution in [0.5, 0.6) is 0 Å². The second-order valence-corrected chi connectivity index (χ2v) is 5.22. The summed E-state index contributed by atoms with van der Waals surface area (Å²) in [6.45, 7) is 0. The van der Waals surface area contributed by atoms with Gasteiger partial charge in [-0.25, -0.2) is 4.52 Å². The van der Waals surface area contributed by atoms with Gasteiger partial charge in [0, 0.05) is 24.2 Å². The van der Waals surface area contributed by atoms with Crippen molar-refractivity contribution in [3.05, 3.63) is 78.8 Å². The fourth-order valence-electron chi connectivity index (χ4n) is 2.41. The fourth-order valence-corrected chi connectivity index (χ4v) is 2.41. The smallest absolute Gasteiger partial charge is 0.259 e. The summed E-state index contributed by atoms with van der Waals surface area (Å²) >= 11 is 0. The van der Waals surface area contributed by atoms with Crippen molar-refractivity contribution in [2.24, 2.45) is 0 Å². The molecule has 0 aliphatic carbocycles. The summed E-state index contributed by atoms with van der Waals surface area (Å²) in [6, 6.07) is 17.3. The third-order valence-corrected chi connectivity index (χ3v) is 3.59. The molecule has 6 nitrogen and oxygen atoms in total. The Morgan fingerprint density at radius 1 is 0.958 bits per heavy atom. The maximum atomic E-state index is 12.1. The number of benzene rings is 1. The van der Waals surface area contributed by atoms with Crippen LogP contribution in [0.2, 0.25) is 0 Å². The molecule has 4 aromatic rings. The number of anilines is 1.